The summed E-state index contributed by atoms with van der Waals surface area (Å²) in [5, 5.41) is 3.01. The number of nitrogens with two attached hydrogens (primary N) is 1. The smallest absolute Gasteiger partial charge is 0.224 e. The highest BCUT2D eigenvalue weighted by atomic mass is 16.5. The quantitative estimate of drug-likeness (QED) is 0.681. The molecule has 4 nitrogen and oxygen atoms in total. The van der Waals surface area contributed by atoms with Gasteiger partial charge in [0.2, 0.25) is 5.91 Å². The standard InChI is InChI=1S/C22H30N2O2/c1-3-7-17(2)16-26-20-12-10-19(11-13-20)21(15-23)24-22(25)14-18-8-5-4-6-9-18/h4-6,8-13,17,21H,3,7,14-16,23H2,1-2H3,(H,24,25)/t17?,21-/m0/s1. The van der Waals surface area contributed by atoms with Crippen molar-refractivity contribution in [3.8, 4) is 5.75 Å². The van der Waals surface area contributed by atoms with Crippen molar-refractivity contribution in [1.29, 1.82) is 0 Å². The lowest BCUT2D eigenvalue weighted by Gasteiger charge is -2.18. The van der Waals surface area contributed by atoms with Crippen LogP contribution in [-0.2, 0) is 11.2 Å². The summed E-state index contributed by atoms with van der Waals surface area (Å²) in [6, 6.07) is 17.3. The molecule has 0 heterocycles. The van der Waals surface area contributed by atoms with Crippen LogP contribution in [0.1, 0.15) is 43.9 Å². The van der Waals surface area contributed by atoms with Crippen molar-refractivity contribution >= 4 is 5.91 Å². The number of hydrogen-bond donors (Lipinski definition) is 2. The van der Waals surface area contributed by atoms with E-state index in [1.54, 1.807) is 0 Å². The molecular weight excluding hydrogens is 324 g/mol. The average Bonchev–Trinajstić information content (AvgIpc) is 2.66. The molecule has 0 bridgehead atoms. The first-order valence-corrected chi connectivity index (χ1v) is 9.38. The van der Waals surface area contributed by atoms with E-state index >= 15 is 0 Å². The SMILES string of the molecule is CCCC(C)COc1ccc([C@H](CN)NC(=O)Cc2ccccc2)cc1. The molecule has 0 aliphatic rings. The van der Waals surface area contributed by atoms with E-state index < -0.39 is 0 Å². The van der Waals surface area contributed by atoms with E-state index in [9.17, 15) is 4.79 Å². The Morgan fingerprint density at radius 3 is 2.42 bits per heavy atom. The lowest BCUT2D eigenvalue weighted by molar-refractivity contribution is -0.121. The van der Waals surface area contributed by atoms with Crippen LogP contribution in [0.15, 0.2) is 54.6 Å². The Balaban J connectivity index is 1.89. The van der Waals surface area contributed by atoms with Crippen molar-refractivity contribution in [3.63, 3.8) is 0 Å². The fraction of sp³-hybridized carbons (Fsp3) is 0.409. The summed E-state index contributed by atoms with van der Waals surface area (Å²) < 4.78 is 5.83. The number of rotatable bonds is 10. The van der Waals surface area contributed by atoms with Crippen molar-refractivity contribution in [2.75, 3.05) is 13.2 Å². The number of benzene rings is 2. The Morgan fingerprint density at radius 2 is 1.81 bits per heavy atom. The summed E-state index contributed by atoms with van der Waals surface area (Å²) in [7, 11) is 0. The van der Waals surface area contributed by atoms with Crippen molar-refractivity contribution < 1.29 is 9.53 Å². The summed E-state index contributed by atoms with van der Waals surface area (Å²) in [6.45, 7) is 5.46. The highest BCUT2D eigenvalue weighted by Crippen LogP contribution is 2.19. The van der Waals surface area contributed by atoms with Gasteiger partial charge in [-0.3, -0.25) is 4.79 Å². The minimum Gasteiger partial charge on any atom is -0.493 e. The zero-order valence-corrected chi connectivity index (χ0v) is 15.8. The maximum atomic E-state index is 12.3. The van der Waals surface area contributed by atoms with Crippen LogP contribution in [0.4, 0.5) is 0 Å². The molecule has 2 atom stereocenters. The highest BCUT2D eigenvalue weighted by Gasteiger charge is 2.13. The molecule has 1 amide bonds. The number of amides is 1. The van der Waals surface area contributed by atoms with E-state index in [1.807, 2.05) is 54.6 Å². The third kappa shape index (κ3) is 6.52. The van der Waals surface area contributed by atoms with Gasteiger partial charge in [0.1, 0.15) is 5.75 Å². The zero-order valence-electron chi connectivity index (χ0n) is 15.8. The molecule has 0 radical (unpaired) electrons. The van der Waals surface area contributed by atoms with E-state index in [-0.39, 0.29) is 11.9 Å². The largest absolute Gasteiger partial charge is 0.493 e. The van der Waals surface area contributed by atoms with Gasteiger partial charge in [-0.25, -0.2) is 0 Å². The lowest BCUT2D eigenvalue weighted by atomic mass is 10.1. The fourth-order valence-electron chi connectivity index (χ4n) is 2.92. The van der Waals surface area contributed by atoms with Gasteiger partial charge in [-0.1, -0.05) is 62.7 Å². The zero-order chi connectivity index (χ0) is 18.8. The lowest BCUT2D eigenvalue weighted by Crippen LogP contribution is -2.34. The van der Waals surface area contributed by atoms with Gasteiger partial charge in [0, 0.05) is 6.54 Å². The van der Waals surface area contributed by atoms with Crippen molar-refractivity contribution in [3.05, 3.63) is 65.7 Å². The molecule has 0 spiro atoms. The van der Waals surface area contributed by atoms with Crippen molar-refractivity contribution in [2.24, 2.45) is 11.7 Å². The molecule has 2 aromatic carbocycles. The molecule has 0 aliphatic heterocycles. The predicted octanol–water partition coefficient (Wildman–Crippen LogP) is 3.86. The van der Waals surface area contributed by atoms with E-state index in [2.05, 4.69) is 19.2 Å². The van der Waals surface area contributed by atoms with Gasteiger partial charge in [-0.15, -0.1) is 0 Å². The van der Waals surface area contributed by atoms with Crippen molar-refractivity contribution in [2.45, 2.75) is 39.2 Å². The molecule has 0 saturated heterocycles. The van der Waals surface area contributed by atoms with Crippen LogP contribution in [0.5, 0.6) is 5.75 Å². The van der Waals surface area contributed by atoms with Gasteiger partial charge in [-0.05, 0) is 35.6 Å². The molecule has 0 aromatic heterocycles. The summed E-state index contributed by atoms with van der Waals surface area (Å²) in [4.78, 5) is 12.3. The first-order valence-electron chi connectivity index (χ1n) is 9.38. The van der Waals surface area contributed by atoms with E-state index in [0.29, 0.717) is 18.9 Å². The number of nitrogens with one attached hydrogen (secondary N) is 1. The monoisotopic (exact) mass is 354 g/mol. The molecule has 1 unspecified atom stereocenters. The predicted molar refractivity (Wildman–Crippen MR) is 106 cm³/mol. The first kappa shape index (κ1) is 20.0. The molecule has 0 aliphatic carbocycles. The van der Waals surface area contributed by atoms with Crippen LogP contribution in [0.3, 0.4) is 0 Å². The summed E-state index contributed by atoms with van der Waals surface area (Å²) in [5.41, 5.74) is 7.85. The van der Waals surface area contributed by atoms with Gasteiger partial charge in [0.25, 0.3) is 0 Å². The Kier molecular flexibility index (Phi) is 8.16. The van der Waals surface area contributed by atoms with Crippen molar-refractivity contribution in [1.82, 2.24) is 5.32 Å². The van der Waals surface area contributed by atoms with Crippen LogP contribution in [-0.4, -0.2) is 19.1 Å². The Hall–Kier alpha value is -2.33. The minimum absolute atomic E-state index is 0.0274. The summed E-state index contributed by atoms with van der Waals surface area (Å²) >= 11 is 0. The van der Waals surface area contributed by atoms with E-state index in [4.69, 9.17) is 10.5 Å². The topological polar surface area (TPSA) is 64.3 Å². The molecule has 26 heavy (non-hydrogen) atoms. The first-order chi connectivity index (χ1) is 12.6. The Morgan fingerprint density at radius 1 is 1.12 bits per heavy atom. The number of hydrogen-bond acceptors (Lipinski definition) is 3. The van der Waals surface area contributed by atoms with Gasteiger partial charge in [-0.2, -0.15) is 0 Å². The maximum Gasteiger partial charge on any atom is 0.224 e. The second kappa shape index (κ2) is 10.6. The average molecular weight is 354 g/mol. The van der Waals surface area contributed by atoms with Gasteiger partial charge >= 0.3 is 0 Å². The van der Waals surface area contributed by atoms with Crippen LogP contribution in [0.2, 0.25) is 0 Å². The van der Waals surface area contributed by atoms with Crippen LogP contribution in [0, 0.1) is 5.92 Å². The second-order valence-electron chi connectivity index (χ2n) is 6.79. The van der Waals surface area contributed by atoms with Crippen LogP contribution >= 0.6 is 0 Å². The third-order valence-electron chi connectivity index (χ3n) is 4.38. The maximum absolute atomic E-state index is 12.3. The molecule has 140 valence electrons. The molecule has 0 saturated carbocycles. The molecular formula is C22H30N2O2. The normalized spacial score (nSPS) is 13.0. The molecule has 0 fully saturated rings. The van der Waals surface area contributed by atoms with Crippen LogP contribution < -0.4 is 15.8 Å². The Bertz CT molecular complexity index is 656. The number of carbonyl (C=O) groups is 1. The third-order valence-corrected chi connectivity index (χ3v) is 4.38. The summed E-state index contributed by atoms with van der Waals surface area (Å²) in [5.74, 6) is 1.37. The van der Waals surface area contributed by atoms with Gasteiger partial charge in [0.05, 0.1) is 19.1 Å². The fourth-order valence-corrected chi connectivity index (χ4v) is 2.92. The second-order valence-corrected chi connectivity index (χ2v) is 6.79. The van der Waals surface area contributed by atoms with Gasteiger partial charge < -0.3 is 15.8 Å². The summed E-state index contributed by atoms with van der Waals surface area (Å²) in [6.07, 6.45) is 2.69. The Labute approximate surface area is 156 Å². The molecule has 2 rings (SSSR count). The molecule has 3 N–H and O–H groups in total. The molecule has 2 aromatic rings. The highest BCUT2D eigenvalue weighted by molar-refractivity contribution is 5.79. The van der Waals surface area contributed by atoms with Crippen LogP contribution in [0.25, 0.3) is 0 Å². The van der Waals surface area contributed by atoms with E-state index in [0.717, 1.165) is 23.5 Å². The van der Waals surface area contributed by atoms with E-state index in [1.165, 1.54) is 12.8 Å². The molecule has 4 heteroatoms. The van der Waals surface area contributed by atoms with Gasteiger partial charge in [0.15, 0.2) is 0 Å². The number of ether oxygens (including phenoxy) is 1. The minimum atomic E-state index is -0.195. The number of carbonyl (C=O) groups excluding carboxylic acids is 1.